The van der Waals surface area contributed by atoms with Gasteiger partial charge >= 0.3 is 0 Å². The van der Waals surface area contributed by atoms with Crippen molar-refractivity contribution in [2.75, 3.05) is 36.5 Å². The molecule has 1 aliphatic rings. The van der Waals surface area contributed by atoms with Gasteiger partial charge in [-0.3, -0.25) is 4.79 Å². The van der Waals surface area contributed by atoms with Crippen LogP contribution in [0.2, 0.25) is 0 Å². The van der Waals surface area contributed by atoms with E-state index in [-0.39, 0.29) is 11.7 Å². The number of ether oxygens (including phenoxy) is 1. The Morgan fingerprint density at radius 2 is 1.88 bits per heavy atom. The molecule has 0 atom stereocenters. The van der Waals surface area contributed by atoms with Gasteiger partial charge in [0.15, 0.2) is 0 Å². The zero-order chi connectivity index (χ0) is 18.1. The van der Waals surface area contributed by atoms with Gasteiger partial charge in [-0.2, -0.15) is 0 Å². The van der Waals surface area contributed by atoms with Crippen LogP contribution in [0.15, 0.2) is 42.5 Å². The number of carbonyl (C=O) groups excluding carboxylic acids is 1. The molecule has 1 fully saturated rings. The number of hydrogen-bond donors (Lipinski definition) is 1. The average molecular weight is 370 g/mol. The highest BCUT2D eigenvalue weighted by Gasteiger charge is 2.18. The van der Waals surface area contributed by atoms with Crippen LogP contribution in [0.4, 0.5) is 15.8 Å². The van der Waals surface area contributed by atoms with Crippen molar-refractivity contribution >= 4 is 38.7 Å². The Kier molecular flexibility index (Phi) is 4.61. The predicted molar refractivity (Wildman–Crippen MR) is 104 cm³/mol. The molecule has 0 spiro atoms. The Hall–Kier alpha value is -2.44. The molecule has 2 heterocycles. The number of thiophene rings is 1. The summed E-state index contributed by atoms with van der Waals surface area (Å²) in [6, 6.07) is 12.7. The van der Waals surface area contributed by atoms with Crippen LogP contribution in [-0.2, 0) is 4.74 Å². The lowest BCUT2D eigenvalue weighted by atomic mass is 10.1. The fourth-order valence-electron chi connectivity index (χ4n) is 3.23. The third kappa shape index (κ3) is 3.18. The molecule has 1 aliphatic heterocycles. The normalized spacial score (nSPS) is 14.6. The number of hydrogen-bond acceptors (Lipinski definition) is 4. The summed E-state index contributed by atoms with van der Waals surface area (Å²) in [4.78, 5) is 15.5. The van der Waals surface area contributed by atoms with E-state index in [2.05, 4.69) is 10.2 Å². The molecule has 134 valence electrons. The lowest BCUT2D eigenvalue weighted by Crippen LogP contribution is -2.36. The van der Waals surface area contributed by atoms with Gasteiger partial charge in [0.25, 0.3) is 5.91 Å². The summed E-state index contributed by atoms with van der Waals surface area (Å²) in [5.74, 6) is -0.493. The predicted octanol–water partition coefficient (Wildman–Crippen LogP) is 4.44. The van der Waals surface area contributed by atoms with Crippen LogP contribution in [0.5, 0.6) is 0 Å². The third-order valence-electron chi connectivity index (χ3n) is 4.61. The lowest BCUT2D eigenvalue weighted by molar-refractivity contribution is 0.103. The highest BCUT2D eigenvalue weighted by molar-refractivity contribution is 7.21. The van der Waals surface area contributed by atoms with E-state index in [1.54, 1.807) is 13.0 Å². The number of nitrogens with zero attached hydrogens (tertiary/aromatic N) is 1. The number of halogens is 1. The molecule has 3 aromatic rings. The molecule has 6 heteroatoms. The van der Waals surface area contributed by atoms with Gasteiger partial charge in [0.2, 0.25) is 0 Å². The molecule has 4 nitrogen and oxygen atoms in total. The van der Waals surface area contributed by atoms with Crippen molar-refractivity contribution in [3.63, 3.8) is 0 Å². The molecule has 0 radical (unpaired) electrons. The first-order valence-electron chi connectivity index (χ1n) is 8.55. The molecule has 1 N–H and O–H groups in total. The molecule has 0 aliphatic carbocycles. The summed E-state index contributed by atoms with van der Waals surface area (Å²) in [6.07, 6.45) is 0. The van der Waals surface area contributed by atoms with E-state index in [4.69, 9.17) is 4.74 Å². The quantitative estimate of drug-likeness (QED) is 0.741. The lowest BCUT2D eigenvalue weighted by Gasteiger charge is -2.28. The van der Waals surface area contributed by atoms with Crippen LogP contribution >= 0.6 is 11.3 Å². The largest absolute Gasteiger partial charge is 0.378 e. The first-order valence-corrected chi connectivity index (χ1v) is 9.37. The minimum Gasteiger partial charge on any atom is -0.378 e. The summed E-state index contributed by atoms with van der Waals surface area (Å²) in [7, 11) is 0. The minimum atomic E-state index is -0.287. The van der Waals surface area contributed by atoms with Crippen LogP contribution in [0.3, 0.4) is 0 Å². The summed E-state index contributed by atoms with van der Waals surface area (Å²) in [5, 5.41) is 3.45. The zero-order valence-corrected chi connectivity index (χ0v) is 15.2. The molecule has 26 heavy (non-hydrogen) atoms. The first kappa shape index (κ1) is 17.0. The molecule has 0 saturated carbocycles. The van der Waals surface area contributed by atoms with Crippen molar-refractivity contribution < 1.29 is 13.9 Å². The van der Waals surface area contributed by atoms with Gasteiger partial charge in [0, 0.05) is 34.6 Å². The summed E-state index contributed by atoms with van der Waals surface area (Å²) in [5.41, 5.74) is 2.53. The summed E-state index contributed by atoms with van der Waals surface area (Å²) in [6.45, 7) is 5.01. The monoisotopic (exact) mass is 370 g/mol. The van der Waals surface area contributed by atoms with Crippen LogP contribution in [0.25, 0.3) is 10.1 Å². The number of fused-ring (bicyclic) bond motifs is 1. The Morgan fingerprint density at radius 1 is 1.15 bits per heavy atom. The number of nitrogens with one attached hydrogen (secondary N) is 1. The number of rotatable bonds is 3. The number of amides is 1. The highest BCUT2D eigenvalue weighted by Crippen LogP contribution is 2.33. The van der Waals surface area contributed by atoms with Crippen molar-refractivity contribution in [2.45, 2.75) is 6.92 Å². The summed E-state index contributed by atoms with van der Waals surface area (Å²) >= 11 is 1.32. The molecular formula is C20H19FN2O2S. The van der Waals surface area contributed by atoms with Crippen molar-refractivity contribution in [2.24, 2.45) is 0 Å². The molecular weight excluding hydrogens is 351 g/mol. The number of benzene rings is 2. The van der Waals surface area contributed by atoms with Crippen LogP contribution < -0.4 is 10.2 Å². The maximum Gasteiger partial charge on any atom is 0.266 e. The Labute approximate surface area is 155 Å². The zero-order valence-electron chi connectivity index (χ0n) is 14.4. The fourth-order valence-corrected chi connectivity index (χ4v) is 4.35. The van der Waals surface area contributed by atoms with Crippen molar-refractivity contribution in [1.29, 1.82) is 0 Å². The van der Waals surface area contributed by atoms with Gasteiger partial charge < -0.3 is 15.0 Å². The Bertz CT molecular complexity index is 946. The Balaban J connectivity index is 1.53. The van der Waals surface area contributed by atoms with Crippen molar-refractivity contribution in [3.8, 4) is 0 Å². The Morgan fingerprint density at radius 3 is 2.58 bits per heavy atom. The van der Waals surface area contributed by atoms with E-state index in [0.29, 0.717) is 15.8 Å². The second-order valence-electron chi connectivity index (χ2n) is 6.27. The standard InChI is InChI=1S/C20H19FN2O2S/c1-13-18-16(21)3-2-4-17(18)26-19(13)20(24)22-14-5-7-15(8-6-14)23-9-11-25-12-10-23/h2-8H,9-12H2,1H3,(H,22,24). The second-order valence-corrected chi connectivity index (χ2v) is 7.32. The van der Waals surface area contributed by atoms with Gasteiger partial charge in [-0.1, -0.05) is 6.07 Å². The number of anilines is 2. The van der Waals surface area contributed by atoms with Gasteiger partial charge in [-0.25, -0.2) is 4.39 Å². The number of aryl methyl sites for hydroxylation is 1. The van der Waals surface area contributed by atoms with E-state index in [0.717, 1.165) is 42.4 Å². The van der Waals surface area contributed by atoms with E-state index < -0.39 is 0 Å². The van der Waals surface area contributed by atoms with Gasteiger partial charge in [-0.05, 0) is 48.9 Å². The molecule has 0 unspecified atom stereocenters. The second kappa shape index (κ2) is 7.05. The first-order chi connectivity index (χ1) is 12.6. The maximum atomic E-state index is 14.0. The molecule has 1 amide bonds. The fraction of sp³-hybridized carbons (Fsp3) is 0.250. The third-order valence-corrected chi connectivity index (χ3v) is 5.87. The van der Waals surface area contributed by atoms with Crippen LogP contribution in [-0.4, -0.2) is 32.2 Å². The van der Waals surface area contributed by atoms with Crippen molar-refractivity contribution in [3.05, 3.63) is 58.7 Å². The van der Waals surface area contributed by atoms with Gasteiger partial charge in [0.05, 0.1) is 18.1 Å². The van der Waals surface area contributed by atoms with Gasteiger partial charge in [-0.15, -0.1) is 11.3 Å². The topological polar surface area (TPSA) is 41.6 Å². The van der Waals surface area contributed by atoms with E-state index >= 15 is 0 Å². The number of morpholine rings is 1. The van der Waals surface area contributed by atoms with E-state index in [1.165, 1.54) is 17.4 Å². The number of carbonyl (C=O) groups is 1. The minimum absolute atomic E-state index is 0.206. The summed E-state index contributed by atoms with van der Waals surface area (Å²) < 4.78 is 20.2. The highest BCUT2D eigenvalue weighted by atomic mass is 32.1. The van der Waals surface area contributed by atoms with Crippen LogP contribution in [0.1, 0.15) is 15.2 Å². The van der Waals surface area contributed by atoms with E-state index in [9.17, 15) is 9.18 Å². The average Bonchev–Trinajstić information content (AvgIpc) is 3.01. The molecule has 1 aromatic heterocycles. The van der Waals surface area contributed by atoms with Gasteiger partial charge in [0.1, 0.15) is 5.82 Å². The van der Waals surface area contributed by atoms with Crippen LogP contribution in [0, 0.1) is 12.7 Å². The molecule has 4 rings (SSSR count). The smallest absolute Gasteiger partial charge is 0.266 e. The molecule has 0 bridgehead atoms. The SMILES string of the molecule is Cc1c(C(=O)Nc2ccc(N3CCOCC3)cc2)sc2cccc(F)c12. The molecule has 2 aromatic carbocycles. The molecule has 1 saturated heterocycles. The maximum absolute atomic E-state index is 14.0. The van der Waals surface area contributed by atoms with Crippen molar-refractivity contribution in [1.82, 2.24) is 0 Å². The van der Waals surface area contributed by atoms with E-state index in [1.807, 2.05) is 30.3 Å².